The maximum Gasteiger partial charge on any atom is 0.188 e. The number of aliphatic imine (C=N–C) groups is 1. The van der Waals surface area contributed by atoms with E-state index in [0.29, 0.717) is 44.4 Å². The Morgan fingerprint density at radius 2 is 1.73 bits per heavy atom. The van der Waals surface area contributed by atoms with Crippen LogP contribution in [0.15, 0.2) is 53.5 Å². The molecule has 0 spiro atoms. The third kappa shape index (κ3) is 8.74. The number of hydrogen-bond donors (Lipinski definition) is 5. The highest BCUT2D eigenvalue weighted by Gasteiger charge is 1.98. The molecule has 2 aromatic carbocycles. The van der Waals surface area contributed by atoms with E-state index in [-0.39, 0.29) is 5.84 Å². The molecule has 0 aliphatic carbocycles. The molecule has 0 saturated carbocycles. The minimum atomic E-state index is 0.0416. The summed E-state index contributed by atoms with van der Waals surface area (Å²) in [5, 5.41) is 17.6. The van der Waals surface area contributed by atoms with Gasteiger partial charge in [-0.25, -0.2) is 0 Å². The zero-order valence-electron chi connectivity index (χ0n) is 17.1. The van der Waals surface area contributed by atoms with E-state index in [1.807, 2.05) is 24.3 Å². The number of ether oxygens (including phenoxy) is 2. The van der Waals surface area contributed by atoms with Gasteiger partial charge in [0.05, 0.1) is 13.2 Å². The molecule has 160 valence electrons. The monoisotopic (exact) mass is 410 g/mol. The average molecular weight is 411 g/mol. The fraction of sp³-hybridized carbons (Fsp3) is 0.318. The molecule has 30 heavy (non-hydrogen) atoms. The lowest BCUT2D eigenvalue weighted by Crippen LogP contribution is -2.33. The number of hydrogen-bond acceptors (Lipinski definition) is 5. The van der Waals surface area contributed by atoms with Crippen molar-refractivity contribution in [3.63, 3.8) is 0 Å². The lowest BCUT2D eigenvalue weighted by atomic mass is 10.1. The van der Waals surface area contributed by atoms with E-state index in [1.165, 1.54) is 6.21 Å². The molecular formula is C22H30N6O2. The van der Waals surface area contributed by atoms with E-state index < -0.39 is 0 Å². The SMILES string of the molecule is N=Cc1ccc(COCCCNC(N)=NCCCOc2ccc(C(=N)N)cc2)cc1. The van der Waals surface area contributed by atoms with Crippen molar-refractivity contribution in [3.8, 4) is 5.75 Å². The first-order valence-corrected chi connectivity index (χ1v) is 9.86. The molecule has 8 heteroatoms. The second-order valence-corrected chi connectivity index (χ2v) is 6.63. The fourth-order valence-corrected chi connectivity index (χ4v) is 2.53. The van der Waals surface area contributed by atoms with Crippen LogP contribution in [-0.2, 0) is 11.3 Å². The summed E-state index contributed by atoms with van der Waals surface area (Å²) in [7, 11) is 0. The van der Waals surface area contributed by atoms with E-state index in [1.54, 1.807) is 24.3 Å². The van der Waals surface area contributed by atoms with Crippen LogP contribution in [0.25, 0.3) is 0 Å². The Bertz CT molecular complexity index is 819. The van der Waals surface area contributed by atoms with Gasteiger partial charge in [0.15, 0.2) is 5.96 Å². The number of guanidine groups is 1. The molecule has 8 nitrogen and oxygen atoms in total. The number of nitrogens with one attached hydrogen (secondary N) is 3. The Hall–Kier alpha value is -3.39. The molecule has 0 radical (unpaired) electrons. The van der Waals surface area contributed by atoms with Crippen molar-refractivity contribution >= 4 is 18.0 Å². The molecule has 0 aromatic heterocycles. The smallest absolute Gasteiger partial charge is 0.188 e. The van der Waals surface area contributed by atoms with E-state index in [0.717, 1.165) is 29.7 Å². The van der Waals surface area contributed by atoms with Crippen molar-refractivity contribution < 1.29 is 9.47 Å². The summed E-state index contributed by atoms with van der Waals surface area (Å²) in [6.45, 7) is 2.99. The maximum atomic E-state index is 7.36. The number of benzene rings is 2. The summed E-state index contributed by atoms with van der Waals surface area (Å²) in [5.74, 6) is 1.20. The zero-order chi connectivity index (χ0) is 21.6. The number of nitrogens with zero attached hydrogens (tertiary/aromatic N) is 1. The highest BCUT2D eigenvalue weighted by molar-refractivity contribution is 5.94. The summed E-state index contributed by atoms with van der Waals surface area (Å²) < 4.78 is 11.3. The van der Waals surface area contributed by atoms with Crippen molar-refractivity contribution in [3.05, 3.63) is 65.2 Å². The molecular weight excluding hydrogens is 380 g/mol. The molecule has 0 bridgehead atoms. The number of rotatable bonds is 13. The standard InChI is InChI=1S/C22H30N6O2/c23-15-17-3-5-18(6-4-17)16-29-13-1-11-27-22(26)28-12-2-14-30-20-9-7-19(8-10-20)21(24)25/h3-10,15,23H,1-2,11-14,16H2,(H3,24,25)(H3,26,27,28). The highest BCUT2D eigenvalue weighted by atomic mass is 16.5. The molecule has 0 atom stereocenters. The van der Waals surface area contributed by atoms with Gasteiger partial charge in [-0.2, -0.15) is 0 Å². The van der Waals surface area contributed by atoms with Gasteiger partial charge in [-0.3, -0.25) is 10.4 Å². The Balaban J connectivity index is 1.49. The fourth-order valence-electron chi connectivity index (χ4n) is 2.53. The maximum absolute atomic E-state index is 7.36. The molecule has 2 rings (SSSR count). The first kappa shape index (κ1) is 22.9. The molecule has 7 N–H and O–H groups in total. The lowest BCUT2D eigenvalue weighted by molar-refractivity contribution is 0.119. The number of nitrogens with two attached hydrogens (primary N) is 2. The van der Waals surface area contributed by atoms with Crippen LogP contribution in [0.2, 0.25) is 0 Å². The van der Waals surface area contributed by atoms with Gasteiger partial charge >= 0.3 is 0 Å². The Morgan fingerprint density at radius 1 is 1.00 bits per heavy atom. The third-order valence-corrected chi connectivity index (χ3v) is 4.21. The summed E-state index contributed by atoms with van der Waals surface area (Å²) in [6.07, 6.45) is 2.90. The highest BCUT2D eigenvalue weighted by Crippen LogP contribution is 2.12. The minimum Gasteiger partial charge on any atom is -0.494 e. The van der Waals surface area contributed by atoms with E-state index in [4.69, 9.17) is 31.8 Å². The molecule has 0 saturated heterocycles. The first-order valence-electron chi connectivity index (χ1n) is 9.86. The molecule has 0 heterocycles. The van der Waals surface area contributed by atoms with Gasteiger partial charge in [0.2, 0.25) is 0 Å². The van der Waals surface area contributed by atoms with Crippen molar-refractivity contribution in [2.24, 2.45) is 16.5 Å². The van der Waals surface area contributed by atoms with Crippen molar-refractivity contribution in [2.75, 3.05) is 26.3 Å². The number of amidine groups is 1. The summed E-state index contributed by atoms with van der Waals surface area (Å²) in [6, 6.07) is 14.8. The molecule has 0 amide bonds. The minimum absolute atomic E-state index is 0.0416. The molecule has 0 fully saturated rings. The van der Waals surface area contributed by atoms with Crippen LogP contribution >= 0.6 is 0 Å². The lowest BCUT2D eigenvalue weighted by Gasteiger charge is -2.08. The van der Waals surface area contributed by atoms with Gasteiger partial charge in [-0.05, 0) is 41.8 Å². The van der Waals surface area contributed by atoms with Crippen LogP contribution in [0.4, 0.5) is 0 Å². The van der Waals surface area contributed by atoms with Crippen LogP contribution in [0.5, 0.6) is 5.75 Å². The Kier molecular flexibility index (Phi) is 9.88. The van der Waals surface area contributed by atoms with Crippen molar-refractivity contribution in [1.29, 1.82) is 10.8 Å². The van der Waals surface area contributed by atoms with E-state index >= 15 is 0 Å². The molecule has 0 aliphatic rings. The second-order valence-electron chi connectivity index (χ2n) is 6.63. The van der Waals surface area contributed by atoms with Crippen LogP contribution in [0.3, 0.4) is 0 Å². The van der Waals surface area contributed by atoms with Crippen LogP contribution in [0.1, 0.15) is 29.5 Å². The first-order chi connectivity index (χ1) is 14.6. The predicted octanol–water partition coefficient (Wildman–Crippen LogP) is 2.25. The summed E-state index contributed by atoms with van der Waals surface area (Å²) >= 11 is 0. The van der Waals surface area contributed by atoms with E-state index in [9.17, 15) is 0 Å². The van der Waals surface area contributed by atoms with Gasteiger partial charge in [-0.1, -0.05) is 24.3 Å². The van der Waals surface area contributed by atoms with Crippen LogP contribution in [0, 0.1) is 10.8 Å². The van der Waals surface area contributed by atoms with Gasteiger partial charge < -0.3 is 31.7 Å². The van der Waals surface area contributed by atoms with Crippen molar-refractivity contribution in [2.45, 2.75) is 19.4 Å². The summed E-state index contributed by atoms with van der Waals surface area (Å²) in [5.41, 5.74) is 13.9. The van der Waals surface area contributed by atoms with Gasteiger partial charge in [0, 0.05) is 37.9 Å². The third-order valence-electron chi connectivity index (χ3n) is 4.21. The van der Waals surface area contributed by atoms with Gasteiger partial charge in [-0.15, -0.1) is 0 Å². The molecule has 0 aliphatic heterocycles. The number of nitrogen functional groups attached to an aromatic ring is 1. The average Bonchev–Trinajstić information content (AvgIpc) is 2.76. The second kappa shape index (κ2) is 12.9. The van der Waals surface area contributed by atoms with Crippen LogP contribution < -0.4 is 21.5 Å². The predicted molar refractivity (Wildman–Crippen MR) is 121 cm³/mol. The Labute approximate surface area is 177 Å². The summed E-state index contributed by atoms with van der Waals surface area (Å²) in [4.78, 5) is 4.27. The van der Waals surface area contributed by atoms with Gasteiger partial charge in [0.1, 0.15) is 11.6 Å². The molecule has 2 aromatic rings. The zero-order valence-corrected chi connectivity index (χ0v) is 17.1. The van der Waals surface area contributed by atoms with E-state index in [2.05, 4.69) is 10.3 Å². The van der Waals surface area contributed by atoms with Crippen molar-refractivity contribution in [1.82, 2.24) is 5.32 Å². The largest absolute Gasteiger partial charge is 0.494 e. The van der Waals surface area contributed by atoms with Gasteiger partial charge in [0.25, 0.3) is 0 Å². The quantitative estimate of drug-likeness (QED) is 0.195. The normalized spacial score (nSPS) is 11.1. The van der Waals surface area contributed by atoms with Crippen LogP contribution in [-0.4, -0.2) is 44.3 Å². The topological polar surface area (TPSA) is 143 Å². The molecule has 0 unspecified atom stereocenters. The Morgan fingerprint density at radius 3 is 2.40 bits per heavy atom.